The molecular formula is C16H19N3O2. The van der Waals surface area contributed by atoms with Crippen LogP contribution in [0.15, 0.2) is 16.9 Å². The molecule has 1 saturated heterocycles. The maximum atomic E-state index is 12.7. The predicted octanol–water partition coefficient (Wildman–Crippen LogP) is 1.31. The van der Waals surface area contributed by atoms with E-state index in [-0.39, 0.29) is 16.8 Å². The normalized spacial score (nSPS) is 16.8. The van der Waals surface area contributed by atoms with Crippen LogP contribution in [-0.4, -0.2) is 28.4 Å². The fraction of sp³-hybridized carbons (Fsp3) is 0.438. The van der Waals surface area contributed by atoms with Gasteiger partial charge in [-0.3, -0.25) is 14.2 Å². The molecule has 0 aliphatic carbocycles. The number of carbonyl (C=O) groups is 1. The van der Waals surface area contributed by atoms with E-state index in [1.165, 1.54) is 6.92 Å². The van der Waals surface area contributed by atoms with E-state index in [4.69, 9.17) is 4.98 Å². The number of benzene rings is 1. The Morgan fingerprint density at radius 1 is 1.38 bits per heavy atom. The Morgan fingerprint density at radius 3 is 2.57 bits per heavy atom. The summed E-state index contributed by atoms with van der Waals surface area (Å²) in [4.78, 5) is 29.2. The Kier molecular flexibility index (Phi) is 2.99. The van der Waals surface area contributed by atoms with Crippen molar-refractivity contribution in [3.63, 3.8) is 0 Å². The van der Waals surface area contributed by atoms with E-state index < -0.39 is 0 Å². The van der Waals surface area contributed by atoms with Crippen LogP contribution in [0.2, 0.25) is 0 Å². The lowest BCUT2D eigenvalue weighted by Crippen LogP contribution is -2.57. The van der Waals surface area contributed by atoms with Crippen molar-refractivity contribution < 1.29 is 4.79 Å². The number of ketones is 1. The molecule has 1 aliphatic heterocycles. The summed E-state index contributed by atoms with van der Waals surface area (Å²) in [6.45, 7) is 7.06. The van der Waals surface area contributed by atoms with Gasteiger partial charge in [-0.1, -0.05) is 6.92 Å². The van der Waals surface area contributed by atoms with Gasteiger partial charge in [0.05, 0.1) is 16.3 Å². The minimum Gasteiger partial charge on any atom is -0.315 e. The first-order valence-electron chi connectivity index (χ1n) is 7.07. The summed E-state index contributed by atoms with van der Waals surface area (Å²) >= 11 is 0. The zero-order valence-electron chi connectivity index (χ0n) is 12.8. The lowest BCUT2D eigenvalue weighted by molar-refractivity contribution is 0.101. The van der Waals surface area contributed by atoms with Crippen molar-refractivity contribution in [1.82, 2.24) is 14.9 Å². The van der Waals surface area contributed by atoms with Gasteiger partial charge in [0.25, 0.3) is 5.56 Å². The smallest absolute Gasteiger partial charge is 0.261 e. The number of Topliss-reactive ketones (excluding diaryl/α,β-unsaturated/α-hetero) is 1. The molecule has 0 unspecified atom stereocenters. The van der Waals surface area contributed by atoms with Gasteiger partial charge >= 0.3 is 0 Å². The first kappa shape index (κ1) is 13.9. The van der Waals surface area contributed by atoms with Crippen molar-refractivity contribution in [2.45, 2.75) is 26.2 Å². The fourth-order valence-electron chi connectivity index (χ4n) is 2.99. The zero-order valence-corrected chi connectivity index (χ0v) is 12.8. The summed E-state index contributed by atoms with van der Waals surface area (Å²) in [7, 11) is 1.75. The van der Waals surface area contributed by atoms with Crippen LogP contribution in [0.3, 0.4) is 0 Å². The molecule has 1 fully saturated rings. The van der Waals surface area contributed by atoms with Gasteiger partial charge in [-0.15, -0.1) is 0 Å². The topological polar surface area (TPSA) is 64.0 Å². The monoisotopic (exact) mass is 285 g/mol. The molecule has 0 atom stereocenters. The molecule has 0 bridgehead atoms. The Hall–Kier alpha value is -2.01. The molecule has 0 saturated carbocycles. The van der Waals surface area contributed by atoms with Gasteiger partial charge in [-0.25, -0.2) is 4.98 Å². The van der Waals surface area contributed by atoms with Crippen molar-refractivity contribution >= 4 is 16.7 Å². The third-order valence-corrected chi connectivity index (χ3v) is 4.27. The molecule has 1 aliphatic rings. The zero-order chi connectivity index (χ0) is 15.4. The van der Waals surface area contributed by atoms with Gasteiger partial charge < -0.3 is 5.32 Å². The Balaban J connectivity index is 2.42. The van der Waals surface area contributed by atoms with Crippen LogP contribution in [-0.2, 0) is 12.5 Å². The van der Waals surface area contributed by atoms with Crippen LogP contribution in [0.5, 0.6) is 0 Å². The summed E-state index contributed by atoms with van der Waals surface area (Å²) in [5.41, 5.74) is 1.71. The van der Waals surface area contributed by atoms with Gasteiger partial charge in [-0.2, -0.15) is 0 Å². The van der Waals surface area contributed by atoms with E-state index in [0.29, 0.717) is 16.5 Å². The number of nitrogens with zero attached hydrogens (tertiary/aromatic N) is 2. The fourth-order valence-corrected chi connectivity index (χ4v) is 2.99. The molecule has 1 N–H and O–H groups in total. The van der Waals surface area contributed by atoms with E-state index in [1.807, 2.05) is 19.1 Å². The Morgan fingerprint density at radius 2 is 2.05 bits per heavy atom. The van der Waals surface area contributed by atoms with Crippen LogP contribution < -0.4 is 10.9 Å². The molecule has 5 nitrogen and oxygen atoms in total. The highest BCUT2D eigenvalue weighted by Gasteiger charge is 2.37. The van der Waals surface area contributed by atoms with Crippen molar-refractivity contribution in [3.05, 3.63) is 39.4 Å². The van der Waals surface area contributed by atoms with Crippen molar-refractivity contribution in [1.29, 1.82) is 0 Å². The lowest BCUT2D eigenvalue weighted by atomic mass is 9.83. The number of aromatic nitrogens is 2. The summed E-state index contributed by atoms with van der Waals surface area (Å²) in [5.74, 6) is 0.678. The Bertz CT molecular complexity index is 816. The number of fused-ring (bicyclic) bond motifs is 1. The molecule has 3 rings (SSSR count). The van der Waals surface area contributed by atoms with Crippen molar-refractivity contribution in [2.75, 3.05) is 13.1 Å². The second-order valence-corrected chi connectivity index (χ2v) is 6.23. The molecule has 0 amide bonds. The van der Waals surface area contributed by atoms with Gasteiger partial charge in [-0.05, 0) is 31.5 Å². The number of hydrogen-bond acceptors (Lipinski definition) is 4. The third-order valence-electron chi connectivity index (χ3n) is 4.27. The highest BCUT2D eigenvalue weighted by atomic mass is 16.1. The standard InChI is InChI=1S/C16H19N3O2/c1-9-5-11(10(2)20)13-12(6-9)14(21)19(4)15(18-13)16(3)7-17-8-16/h5-6,17H,7-8H2,1-4H3. The van der Waals surface area contributed by atoms with Crippen LogP contribution in [0.1, 0.15) is 35.6 Å². The molecule has 2 aromatic rings. The lowest BCUT2D eigenvalue weighted by Gasteiger charge is -2.39. The highest BCUT2D eigenvalue weighted by molar-refractivity contribution is 6.05. The van der Waals surface area contributed by atoms with E-state index in [2.05, 4.69) is 12.2 Å². The molecule has 0 spiro atoms. The van der Waals surface area contributed by atoms with Gasteiger partial charge in [0.1, 0.15) is 5.82 Å². The molecule has 21 heavy (non-hydrogen) atoms. The molecule has 2 heterocycles. The van der Waals surface area contributed by atoms with Gasteiger partial charge in [0.15, 0.2) is 5.78 Å². The summed E-state index contributed by atoms with van der Waals surface area (Å²) in [6, 6.07) is 3.62. The minimum atomic E-state index is -0.152. The van der Waals surface area contributed by atoms with Gasteiger partial charge in [0.2, 0.25) is 0 Å². The number of nitrogens with one attached hydrogen (secondary N) is 1. The highest BCUT2D eigenvalue weighted by Crippen LogP contribution is 2.27. The third kappa shape index (κ3) is 2.00. The SMILES string of the molecule is CC(=O)c1cc(C)cc2c(=O)n(C)c(C3(C)CNC3)nc12. The second-order valence-electron chi connectivity index (χ2n) is 6.23. The minimum absolute atomic E-state index is 0.0627. The van der Waals surface area contributed by atoms with Crippen LogP contribution in [0, 0.1) is 6.92 Å². The number of rotatable bonds is 2. The summed E-state index contributed by atoms with van der Waals surface area (Å²) < 4.78 is 1.62. The molecule has 5 heteroatoms. The van der Waals surface area contributed by atoms with E-state index in [0.717, 1.165) is 24.5 Å². The molecular weight excluding hydrogens is 266 g/mol. The average Bonchev–Trinajstić information content (AvgIpc) is 2.39. The van der Waals surface area contributed by atoms with E-state index in [9.17, 15) is 9.59 Å². The van der Waals surface area contributed by atoms with Gasteiger partial charge in [0, 0.05) is 25.7 Å². The number of carbonyl (C=O) groups excluding carboxylic acids is 1. The molecule has 0 radical (unpaired) electrons. The first-order chi connectivity index (χ1) is 9.83. The van der Waals surface area contributed by atoms with Crippen molar-refractivity contribution in [3.8, 4) is 0 Å². The van der Waals surface area contributed by atoms with Crippen LogP contribution >= 0.6 is 0 Å². The summed E-state index contributed by atoms with van der Waals surface area (Å²) in [5, 5.41) is 3.74. The maximum Gasteiger partial charge on any atom is 0.261 e. The first-order valence-corrected chi connectivity index (χ1v) is 7.07. The van der Waals surface area contributed by atoms with E-state index in [1.54, 1.807) is 11.6 Å². The maximum absolute atomic E-state index is 12.7. The molecule has 1 aromatic heterocycles. The Labute approximate surface area is 123 Å². The van der Waals surface area contributed by atoms with Crippen LogP contribution in [0.25, 0.3) is 10.9 Å². The van der Waals surface area contributed by atoms with E-state index >= 15 is 0 Å². The summed E-state index contributed by atoms with van der Waals surface area (Å²) in [6.07, 6.45) is 0. The second kappa shape index (κ2) is 4.49. The average molecular weight is 285 g/mol. The van der Waals surface area contributed by atoms with Crippen LogP contribution in [0.4, 0.5) is 0 Å². The number of aryl methyl sites for hydroxylation is 1. The largest absolute Gasteiger partial charge is 0.315 e. The van der Waals surface area contributed by atoms with Crippen molar-refractivity contribution in [2.24, 2.45) is 7.05 Å². The number of hydrogen-bond donors (Lipinski definition) is 1. The predicted molar refractivity (Wildman–Crippen MR) is 81.9 cm³/mol. The molecule has 1 aromatic carbocycles. The molecule has 110 valence electrons. The quantitative estimate of drug-likeness (QED) is 0.845.